The summed E-state index contributed by atoms with van der Waals surface area (Å²) in [6, 6.07) is 5.17. The molecule has 0 atom stereocenters. The van der Waals surface area contributed by atoms with E-state index in [4.69, 9.17) is 11.5 Å². The van der Waals surface area contributed by atoms with E-state index < -0.39 is 24.1 Å². The van der Waals surface area contributed by atoms with Crippen molar-refractivity contribution in [3.8, 4) is 17.0 Å². The number of halogens is 3. The Morgan fingerprint density at radius 2 is 1.93 bits per heavy atom. The van der Waals surface area contributed by atoms with E-state index >= 15 is 0 Å². The molecule has 0 aliphatic rings. The Kier molecular flexibility index (Phi) is 4.93. The molecule has 0 unspecified atom stereocenters. The Morgan fingerprint density at radius 3 is 2.46 bits per heavy atom. The van der Waals surface area contributed by atoms with Gasteiger partial charge in [-0.05, 0) is 39.0 Å². The maximum absolute atomic E-state index is 14.4. The Balaban J connectivity index is 2.46. The van der Waals surface area contributed by atoms with Crippen molar-refractivity contribution in [2.75, 3.05) is 5.73 Å². The molecule has 0 radical (unpaired) electrons. The lowest BCUT2D eigenvalue weighted by molar-refractivity contribution is -0.0521. The molecule has 3 rings (SSSR count). The van der Waals surface area contributed by atoms with Crippen molar-refractivity contribution in [3.05, 3.63) is 41.3 Å². The van der Waals surface area contributed by atoms with Crippen LogP contribution < -0.4 is 16.2 Å². The number of aromatic nitrogens is 2. The van der Waals surface area contributed by atoms with Crippen molar-refractivity contribution in [1.29, 1.82) is 0 Å². The molecule has 2 heterocycles. The van der Waals surface area contributed by atoms with Gasteiger partial charge in [0.2, 0.25) is 0 Å². The fourth-order valence-corrected chi connectivity index (χ4v) is 3.38. The van der Waals surface area contributed by atoms with Gasteiger partial charge in [-0.2, -0.15) is 8.78 Å². The molecule has 0 aliphatic carbocycles. The van der Waals surface area contributed by atoms with E-state index in [1.807, 2.05) is 13.8 Å². The molecule has 1 aromatic carbocycles. The van der Waals surface area contributed by atoms with Gasteiger partial charge in [0.25, 0.3) is 5.91 Å². The second kappa shape index (κ2) is 7.06. The fraction of sp³-hybridized carbons (Fsp3) is 0.263. The zero-order valence-corrected chi connectivity index (χ0v) is 15.5. The molecular weight excluding hydrogens is 373 g/mol. The number of alkyl halides is 2. The van der Waals surface area contributed by atoms with E-state index in [9.17, 15) is 18.0 Å². The van der Waals surface area contributed by atoms with Crippen molar-refractivity contribution in [2.45, 2.75) is 33.4 Å². The third kappa shape index (κ3) is 3.23. The number of anilines is 1. The minimum Gasteiger partial charge on any atom is -0.432 e. The van der Waals surface area contributed by atoms with Crippen LogP contribution in [0.3, 0.4) is 0 Å². The fourth-order valence-electron chi connectivity index (χ4n) is 3.38. The smallest absolute Gasteiger partial charge is 0.387 e. The van der Waals surface area contributed by atoms with Crippen LogP contribution in [0.25, 0.3) is 22.2 Å². The quantitative estimate of drug-likeness (QED) is 0.686. The molecule has 6 nitrogen and oxygen atoms in total. The van der Waals surface area contributed by atoms with E-state index in [1.54, 1.807) is 23.6 Å². The van der Waals surface area contributed by atoms with Crippen LogP contribution in [0, 0.1) is 12.7 Å². The summed E-state index contributed by atoms with van der Waals surface area (Å²) in [7, 11) is 0. The van der Waals surface area contributed by atoms with Crippen LogP contribution in [0.15, 0.2) is 24.3 Å². The molecule has 4 N–H and O–H groups in total. The van der Waals surface area contributed by atoms with Crippen molar-refractivity contribution in [1.82, 2.24) is 9.55 Å². The number of hydrogen-bond donors (Lipinski definition) is 2. The van der Waals surface area contributed by atoms with Crippen LogP contribution in [0.1, 0.15) is 35.9 Å². The van der Waals surface area contributed by atoms with Gasteiger partial charge in [-0.15, -0.1) is 0 Å². The molecule has 148 valence electrons. The average Bonchev–Trinajstić information content (AvgIpc) is 2.88. The number of rotatable bonds is 5. The molecular formula is C19H19F3N4O2. The highest BCUT2D eigenvalue weighted by atomic mass is 19.3. The van der Waals surface area contributed by atoms with Gasteiger partial charge in [-0.3, -0.25) is 4.79 Å². The number of nitrogens with zero attached hydrogens (tertiary/aromatic N) is 2. The summed E-state index contributed by atoms with van der Waals surface area (Å²) in [6.07, 6.45) is 0. The summed E-state index contributed by atoms with van der Waals surface area (Å²) >= 11 is 0. The number of aryl methyl sites for hydroxylation is 1. The minimum atomic E-state index is -3.19. The predicted molar refractivity (Wildman–Crippen MR) is 99.8 cm³/mol. The monoisotopic (exact) mass is 392 g/mol. The van der Waals surface area contributed by atoms with Crippen LogP contribution >= 0.6 is 0 Å². The number of ether oxygens (including phenoxy) is 1. The van der Waals surface area contributed by atoms with Crippen molar-refractivity contribution >= 4 is 22.6 Å². The van der Waals surface area contributed by atoms with E-state index in [2.05, 4.69) is 9.72 Å². The number of carbonyl (C=O) groups is 1. The number of pyridine rings is 1. The maximum atomic E-state index is 14.4. The number of fused-ring (bicyclic) bond motifs is 1. The summed E-state index contributed by atoms with van der Waals surface area (Å²) in [5.41, 5.74) is 13.3. The minimum absolute atomic E-state index is 0.0702. The zero-order chi connectivity index (χ0) is 20.7. The molecule has 0 fully saturated rings. The number of carbonyl (C=O) groups excluding carboxylic acids is 1. The van der Waals surface area contributed by atoms with E-state index in [-0.39, 0.29) is 17.0 Å². The standard InChI is InChI=1S/C19H19F3N4O2/c1-8(2)26-13-7-14(28-19(21)22)12(20)6-11(13)16(18(24)27)17(26)10-4-5-15(23)25-9(10)3/h4-8,19H,1-3H3,(H2,23,25)(H2,24,27). The number of primary amides is 1. The molecule has 1 amide bonds. The van der Waals surface area contributed by atoms with Gasteiger partial charge in [-0.25, -0.2) is 9.37 Å². The maximum Gasteiger partial charge on any atom is 0.387 e. The van der Waals surface area contributed by atoms with E-state index in [0.717, 1.165) is 12.1 Å². The topological polar surface area (TPSA) is 96.2 Å². The highest BCUT2D eigenvalue weighted by Gasteiger charge is 2.27. The van der Waals surface area contributed by atoms with Crippen LogP contribution in [0.5, 0.6) is 5.75 Å². The lowest BCUT2D eigenvalue weighted by atomic mass is 10.0. The summed E-state index contributed by atoms with van der Waals surface area (Å²) in [5, 5.41) is 0.201. The van der Waals surface area contributed by atoms with Crippen molar-refractivity contribution < 1.29 is 22.7 Å². The molecule has 28 heavy (non-hydrogen) atoms. The number of nitrogen functional groups attached to an aromatic ring is 1. The van der Waals surface area contributed by atoms with Gasteiger partial charge >= 0.3 is 6.61 Å². The van der Waals surface area contributed by atoms with E-state index in [1.165, 1.54) is 0 Å². The SMILES string of the molecule is Cc1nc(N)ccc1-c1c(C(N)=O)c2cc(F)c(OC(F)F)cc2n1C(C)C. The van der Waals surface area contributed by atoms with Crippen LogP contribution in [-0.2, 0) is 0 Å². The van der Waals surface area contributed by atoms with Gasteiger partial charge in [-0.1, -0.05) is 0 Å². The molecule has 0 saturated heterocycles. The van der Waals surface area contributed by atoms with E-state index in [0.29, 0.717) is 28.3 Å². The highest BCUT2D eigenvalue weighted by Crippen LogP contribution is 2.40. The second-order valence-corrected chi connectivity index (χ2v) is 6.60. The molecule has 2 aromatic heterocycles. The summed E-state index contributed by atoms with van der Waals surface area (Å²) < 4.78 is 45.6. The van der Waals surface area contributed by atoms with Crippen LogP contribution in [-0.4, -0.2) is 22.1 Å². The Hall–Kier alpha value is -3.23. The normalized spacial score (nSPS) is 11.6. The third-order valence-electron chi connectivity index (χ3n) is 4.40. The molecule has 0 saturated carbocycles. The molecule has 0 spiro atoms. The average molecular weight is 392 g/mol. The lowest BCUT2D eigenvalue weighted by Crippen LogP contribution is -2.14. The highest BCUT2D eigenvalue weighted by molar-refractivity contribution is 6.12. The van der Waals surface area contributed by atoms with Gasteiger partial charge in [0.1, 0.15) is 5.82 Å². The largest absolute Gasteiger partial charge is 0.432 e. The molecule has 3 aromatic rings. The molecule has 9 heteroatoms. The van der Waals surface area contributed by atoms with Crippen molar-refractivity contribution in [2.24, 2.45) is 5.73 Å². The lowest BCUT2D eigenvalue weighted by Gasteiger charge is -2.17. The first kappa shape index (κ1) is 19.5. The first-order chi connectivity index (χ1) is 13.1. The van der Waals surface area contributed by atoms with Crippen molar-refractivity contribution in [3.63, 3.8) is 0 Å². The number of nitrogens with two attached hydrogens (primary N) is 2. The summed E-state index contributed by atoms with van der Waals surface area (Å²) in [5.74, 6) is -2.11. The van der Waals surface area contributed by atoms with Gasteiger partial charge in [0.05, 0.1) is 16.8 Å². The number of hydrogen-bond acceptors (Lipinski definition) is 4. The van der Waals surface area contributed by atoms with Gasteiger partial charge in [0.15, 0.2) is 11.6 Å². The number of benzene rings is 1. The zero-order valence-electron chi connectivity index (χ0n) is 15.5. The van der Waals surface area contributed by atoms with Crippen LogP contribution in [0.4, 0.5) is 19.0 Å². The molecule has 0 aliphatic heterocycles. The van der Waals surface area contributed by atoms with Gasteiger partial charge < -0.3 is 20.8 Å². The Bertz CT molecular complexity index is 1080. The Morgan fingerprint density at radius 1 is 1.25 bits per heavy atom. The summed E-state index contributed by atoms with van der Waals surface area (Å²) in [6.45, 7) is 2.20. The number of amides is 1. The first-order valence-corrected chi connectivity index (χ1v) is 8.47. The molecule has 0 bridgehead atoms. The second-order valence-electron chi connectivity index (χ2n) is 6.60. The first-order valence-electron chi connectivity index (χ1n) is 8.47. The predicted octanol–water partition coefficient (Wildman–Crippen LogP) is 4.01. The Labute approximate surface area is 158 Å². The van der Waals surface area contributed by atoms with Gasteiger partial charge in [0, 0.05) is 28.8 Å². The summed E-state index contributed by atoms with van der Waals surface area (Å²) in [4.78, 5) is 16.5. The van der Waals surface area contributed by atoms with Crippen LogP contribution in [0.2, 0.25) is 0 Å². The third-order valence-corrected chi connectivity index (χ3v) is 4.40.